The van der Waals surface area contributed by atoms with Gasteiger partial charge in [-0.1, -0.05) is 87.3 Å². The quantitative estimate of drug-likeness (QED) is 0.0336. The summed E-state index contributed by atoms with van der Waals surface area (Å²) in [5.41, 5.74) is 17.7. The van der Waals surface area contributed by atoms with Crippen LogP contribution in [0.25, 0.3) is 0 Å². The molecule has 57 heavy (non-hydrogen) atoms. The molecule has 3 aromatic carbocycles. The summed E-state index contributed by atoms with van der Waals surface area (Å²) in [6, 6.07) is 16.1. The van der Waals surface area contributed by atoms with E-state index >= 15 is 0 Å². The Balaban J connectivity index is 1.20. The number of hydrogen-bond acceptors (Lipinski definition) is 9. The van der Waals surface area contributed by atoms with Gasteiger partial charge in [0.25, 0.3) is 0 Å². The van der Waals surface area contributed by atoms with Gasteiger partial charge in [0.2, 0.25) is 0 Å². The number of rotatable bonds is 20. The molecule has 7 N–H and O–H groups in total. The Morgan fingerprint density at radius 2 is 1.77 bits per heavy atom. The van der Waals surface area contributed by atoms with Gasteiger partial charge in [-0.15, -0.1) is 5.76 Å². The van der Waals surface area contributed by atoms with E-state index < -0.39 is 12.1 Å². The summed E-state index contributed by atoms with van der Waals surface area (Å²) in [4.78, 5) is 17.0. The number of phenolic OH excluding ortho intramolecular Hbond substituents is 2. The number of phenols is 2. The maximum Gasteiger partial charge on any atom is 0.161 e. The minimum atomic E-state index is -0.695. The molecule has 0 radical (unpaired) electrons. The number of aliphatic imine (C=N–C) groups is 1. The first kappa shape index (κ1) is 43.0. The molecule has 0 saturated carbocycles. The number of benzene rings is 3. The number of fused-ring (bicyclic) bond motifs is 2. The second kappa shape index (κ2) is 21.4. The fraction of sp³-hybridized carbons (Fsp3) is 0.417. The Kier molecular flexibility index (Phi) is 16.1. The summed E-state index contributed by atoms with van der Waals surface area (Å²) in [5, 5.41) is 45.3. The van der Waals surface area contributed by atoms with Crippen molar-refractivity contribution in [1.29, 1.82) is 0 Å². The van der Waals surface area contributed by atoms with Crippen molar-refractivity contribution in [2.75, 3.05) is 6.61 Å². The van der Waals surface area contributed by atoms with Crippen LogP contribution in [0, 0.1) is 17.8 Å². The second-order valence-corrected chi connectivity index (χ2v) is 15.4. The third kappa shape index (κ3) is 12.7. The molecule has 0 saturated heterocycles. The van der Waals surface area contributed by atoms with E-state index in [0.717, 1.165) is 48.8 Å². The highest BCUT2D eigenvalue weighted by molar-refractivity contribution is 6.06. The number of nitrogens with zero attached hydrogens (tertiary/aromatic N) is 1. The third-order valence-electron chi connectivity index (χ3n) is 10.8. The van der Waals surface area contributed by atoms with Crippen molar-refractivity contribution < 1.29 is 30.0 Å². The fourth-order valence-electron chi connectivity index (χ4n) is 7.64. The van der Waals surface area contributed by atoms with Gasteiger partial charge in [-0.25, -0.2) is 0 Å². The molecule has 0 unspecified atom stereocenters. The van der Waals surface area contributed by atoms with Crippen molar-refractivity contribution in [3.63, 3.8) is 0 Å². The van der Waals surface area contributed by atoms with Gasteiger partial charge in [0, 0.05) is 36.1 Å². The van der Waals surface area contributed by atoms with Crippen LogP contribution >= 0.6 is 0 Å². The number of ether oxygens (including phenoxy) is 1. The van der Waals surface area contributed by atoms with Crippen LogP contribution in [-0.4, -0.2) is 39.5 Å². The predicted octanol–water partition coefficient (Wildman–Crippen LogP) is 7.69. The number of allylic oxidation sites excluding steroid dienone is 5. The molecule has 9 heteroatoms. The number of nitrogens with two attached hydrogens (primary N) is 2. The number of carbonyl (C=O) groups excluding carboxylic acids is 1. The Labute approximate surface area is 337 Å². The van der Waals surface area contributed by atoms with Gasteiger partial charge in [0.1, 0.15) is 5.75 Å². The molecular weight excluding hydrogens is 715 g/mol. The molecule has 1 heterocycles. The van der Waals surface area contributed by atoms with E-state index in [1.807, 2.05) is 43.3 Å². The summed E-state index contributed by atoms with van der Waals surface area (Å²) in [7, 11) is 0. The number of hydrogen-bond donors (Lipinski definition) is 5. The van der Waals surface area contributed by atoms with Crippen LogP contribution in [0.5, 0.6) is 17.2 Å². The van der Waals surface area contributed by atoms with Crippen molar-refractivity contribution >= 4 is 11.5 Å². The zero-order valence-electron chi connectivity index (χ0n) is 33.4. The van der Waals surface area contributed by atoms with E-state index in [2.05, 4.69) is 23.8 Å². The number of aliphatic hydroxyl groups is 1. The minimum Gasteiger partial charge on any atom is -0.875 e. The molecule has 0 aromatic heterocycles. The van der Waals surface area contributed by atoms with Crippen LogP contribution in [0.4, 0.5) is 0 Å². The van der Waals surface area contributed by atoms with E-state index in [-0.39, 0.29) is 42.2 Å². The maximum absolute atomic E-state index is 13.7. The standard InChI is InChI=1S/C48H59N3O6/c1-3-4-6-10-33(27-32(2)52)11-7-5-8-13-38(53)19-15-34-17-22-45(55)47(29-34)57-26-24-35-16-21-44(54)42(28-35)41-31-46(56)40-23-25-51-43(40)14-9-12-36-30-37(48(49)50)18-20-39(36)41/h8,13,16-18,20-23,25,28-30,32-33,41,48,52,54-56H,3-7,10-11,14-15,19,24,26-27,31,49-50H2,1-2H3/p-1/b13-8+,46-40?/t32-,33+,41-/m0/s1. The topological polar surface area (TPSA) is 174 Å². The molecule has 0 fully saturated rings. The summed E-state index contributed by atoms with van der Waals surface area (Å²) in [6.07, 6.45) is 16.2. The second-order valence-electron chi connectivity index (χ2n) is 15.4. The lowest BCUT2D eigenvalue weighted by Crippen LogP contribution is -2.21. The molecule has 0 spiro atoms. The first-order chi connectivity index (χ1) is 27.5. The average molecular weight is 773 g/mol. The van der Waals surface area contributed by atoms with E-state index in [4.69, 9.17) is 16.2 Å². The van der Waals surface area contributed by atoms with Gasteiger partial charge in [0.15, 0.2) is 17.3 Å². The lowest BCUT2D eigenvalue weighted by molar-refractivity contribution is -0.307. The minimum absolute atomic E-state index is 0.00984. The highest BCUT2D eigenvalue weighted by Crippen LogP contribution is 2.39. The number of carbonyl (C=O) groups is 1. The van der Waals surface area contributed by atoms with Gasteiger partial charge in [-0.3, -0.25) is 9.79 Å². The molecule has 5 rings (SSSR count). The summed E-state index contributed by atoms with van der Waals surface area (Å²) in [6.45, 7) is 4.30. The van der Waals surface area contributed by atoms with E-state index in [9.17, 15) is 25.2 Å². The number of unbranched alkanes of at least 4 members (excludes halogenated alkanes) is 3. The van der Waals surface area contributed by atoms with E-state index in [0.29, 0.717) is 65.3 Å². The first-order valence-electron chi connectivity index (χ1n) is 20.4. The van der Waals surface area contributed by atoms with Gasteiger partial charge in [-0.05, 0) is 109 Å². The van der Waals surface area contributed by atoms with E-state index in [1.165, 1.54) is 19.3 Å². The molecule has 1 aliphatic heterocycles. The summed E-state index contributed by atoms with van der Waals surface area (Å²) >= 11 is 0. The van der Waals surface area contributed by atoms with Gasteiger partial charge >= 0.3 is 0 Å². The van der Waals surface area contributed by atoms with Gasteiger partial charge in [0.05, 0.1) is 31.0 Å². The number of aliphatic hydroxyl groups excluding tert-OH is 1. The lowest BCUT2D eigenvalue weighted by Gasteiger charge is -2.27. The third-order valence-corrected chi connectivity index (χ3v) is 10.8. The Morgan fingerprint density at radius 3 is 2.54 bits per heavy atom. The lowest BCUT2D eigenvalue weighted by atomic mass is 9.82. The number of ketones is 1. The maximum atomic E-state index is 13.7. The SMILES string of the molecule is CCCCC[C@H](CCC/C=C/C(=O)CCc1ccc(O)c(OCCc2ccc(O)c([C@H]3CC([O-])=C4C=CN=C4CC#Cc4cc(C(N)N)ccc43)c2)c1)C[C@H](C)O. The van der Waals surface area contributed by atoms with Crippen molar-refractivity contribution in [2.45, 2.75) is 116 Å². The molecule has 1 aliphatic carbocycles. The largest absolute Gasteiger partial charge is 0.875 e. The molecular formula is C48H58N3O6-. The first-order valence-corrected chi connectivity index (χ1v) is 20.4. The monoisotopic (exact) mass is 772 g/mol. The zero-order chi connectivity index (χ0) is 40.7. The number of aryl methyl sites for hydroxylation is 1. The van der Waals surface area contributed by atoms with Crippen LogP contribution in [0.3, 0.4) is 0 Å². The van der Waals surface area contributed by atoms with Crippen molar-refractivity contribution in [1.82, 2.24) is 0 Å². The van der Waals surface area contributed by atoms with Crippen LogP contribution in [-0.2, 0) is 17.6 Å². The normalized spacial score (nSPS) is 16.2. The molecule has 3 aromatic rings. The van der Waals surface area contributed by atoms with Crippen LogP contribution in [0.15, 0.2) is 95.3 Å². The molecule has 0 bridgehead atoms. The van der Waals surface area contributed by atoms with Gasteiger partial charge < -0.3 is 36.6 Å². The van der Waals surface area contributed by atoms with E-state index in [1.54, 1.807) is 42.6 Å². The van der Waals surface area contributed by atoms with Crippen molar-refractivity contribution in [2.24, 2.45) is 22.4 Å². The summed E-state index contributed by atoms with van der Waals surface area (Å²) in [5.74, 6) is 6.78. The molecule has 3 atom stereocenters. The summed E-state index contributed by atoms with van der Waals surface area (Å²) < 4.78 is 6.05. The van der Waals surface area contributed by atoms with Crippen molar-refractivity contribution in [3.05, 3.63) is 124 Å². The van der Waals surface area contributed by atoms with Crippen LogP contribution in [0.1, 0.15) is 130 Å². The van der Waals surface area contributed by atoms with Crippen LogP contribution < -0.4 is 21.3 Å². The van der Waals surface area contributed by atoms with Gasteiger partial charge in [-0.2, -0.15) is 0 Å². The zero-order valence-corrected chi connectivity index (χ0v) is 33.4. The molecule has 302 valence electrons. The predicted molar refractivity (Wildman–Crippen MR) is 225 cm³/mol. The average Bonchev–Trinajstić information content (AvgIpc) is 3.66. The van der Waals surface area contributed by atoms with Crippen LogP contribution in [0.2, 0.25) is 0 Å². The molecule has 0 amide bonds. The van der Waals surface area contributed by atoms with Crippen molar-refractivity contribution in [3.8, 4) is 29.1 Å². The molecule has 2 aliphatic rings. The Morgan fingerprint density at radius 1 is 1.00 bits per heavy atom. The highest BCUT2D eigenvalue weighted by atomic mass is 16.5. The Bertz CT molecular complexity index is 2030. The highest BCUT2D eigenvalue weighted by Gasteiger charge is 2.24. The molecule has 9 nitrogen and oxygen atoms in total. The fourth-order valence-corrected chi connectivity index (χ4v) is 7.64. The Hall–Kier alpha value is -5.14. The number of aromatic hydroxyl groups is 2. The smallest absolute Gasteiger partial charge is 0.161 e.